The molecule has 4 aromatic rings. The zero-order valence-corrected chi connectivity index (χ0v) is 29.1. The van der Waals surface area contributed by atoms with Gasteiger partial charge in [0.05, 0.1) is 29.6 Å². The second-order valence-electron chi connectivity index (χ2n) is 12.7. The number of hydrogen-bond acceptors (Lipinski definition) is 10. The molecule has 2 aliphatic carbocycles. The van der Waals surface area contributed by atoms with Gasteiger partial charge in [0.15, 0.2) is 0 Å². The molecule has 1 N–H and O–H groups in total. The summed E-state index contributed by atoms with van der Waals surface area (Å²) in [5, 5.41) is 11.7. The van der Waals surface area contributed by atoms with Crippen LogP contribution in [0.2, 0.25) is 5.02 Å². The van der Waals surface area contributed by atoms with Crippen molar-refractivity contribution in [2.45, 2.75) is 57.4 Å². The first kappa shape index (κ1) is 33.4. The molecule has 2 bridgehead atoms. The van der Waals surface area contributed by atoms with Crippen LogP contribution in [0, 0.1) is 11.8 Å². The van der Waals surface area contributed by atoms with E-state index in [2.05, 4.69) is 0 Å². The van der Waals surface area contributed by atoms with E-state index in [0.29, 0.717) is 61.6 Å². The van der Waals surface area contributed by atoms with E-state index in [1.807, 2.05) is 23.1 Å². The summed E-state index contributed by atoms with van der Waals surface area (Å²) in [6.07, 6.45) is 7.21. The molecular weight excluding hydrogens is 686 g/mol. The number of ether oxygens (including phenoxy) is 2. The van der Waals surface area contributed by atoms with Crippen LogP contribution >= 0.6 is 35.6 Å². The maximum Gasteiger partial charge on any atom is 0.343 e. The van der Waals surface area contributed by atoms with Crippen molar-refractivity contribution in [3.05, 3.63) is 85.8 Å². The lowest BCUT2D eigenvalue weighted by atomic mass is 9.94. The predicted molar refractivity (Wildman–Crippen MR) is 192 cm³/mol. The Kier molecular flexibility index (Phi) is 9.59. The van der Waals surface area contributed by atoms with Gasteiger partial charge in [-0.2, -0.15) is 0 Å². The Morgan fingerprint density at radius 2 is 1.92 bits per heavy atom. The average Bonchev–Trinajstić information content (AvgIpc) is 3.88. The molecule has 1 aliphatic heterocycles. The van der Waals surface area contributed by atoms with Gasteiger partial charge in [0, 0.05) is 29.1 Å². The molecule has 49 heavy (non-hydrogen) atoms. The summed E-state index contributed by atoms with van der Waals surface area (Å²) in [6, 6.07) is 14.2. The Balaban J connectivity index is 1.01. The smallest absolute Gasteiger partial charge is 0.343 e. The number of halogens is 1. The van der Waals surface area contributed by atoms with Crippen LogP contribution in [0.25, 0.3) is 28.4 Å². The lowest BCUT2D eigenvalue weighted by molar-refractivity contribution is -0.143. The number of nitrogens with zero attached hydrogens (tertiary/aromatic N) is 1. The molecule has 9 nitrogen and oxygen atoms in total. The van der Waals surface area contributed by atoms with Crippen LogP contribution in [0.15, 0.2) is 67.1 Å². The van der Waals surface area contributed by atoms with Gasteiger partial charge in [-0.25, -0.2) is 4.79 Å². The molecule has 1 saturated heterocycles. The number of carbonyl (C=O) groups is 2. The van der Waals surface area contributed by atoms with E-state index in [0.717, 1.165) is 24.0 Å². The minimum Gasteiger partial charge on any atom is -0.507 e. The number of methoxy groups -OCH3 is 1. The lowest BCUT2D eigenvalue weighted by Gasteiger charge is -2.30. The summed E-state index contributed by atoms with van der Waals surface area (Å²) in [4.78, 5) is 41.1. The molecule has 3 fully saturated rings. The zero-order chi connectivity index (χ0) is 34.2. The normalized spacial score (nSPS) is 21.0. The molecular formula is C37H34ClNO8S2. The van der Waals surface area contributed by atoms with E-state index < -0.39 is 11.6 Å². The highest BCUT2D eigenvalue weighted by atomic mass is 35.5. The molecule has 3 unspecified atom stereocenters. The molecule has 0 spiro atoms. The van der Waals surface area contributed by atoms with E-state index >= 15 is 0 Å². The largest absolute Gasteiger partial charge is 0.507 e. The summed E-state index contributed by atoms with van der Waals surface area (Å²) < 4.78 is 22.9. The minimum absolute atomic E-state index is 0.00122. The minimum atomic E-state index is -0.709. The van der Waals surface area contributed by atoms with Gasteiger partial charge in [-0.15, -0.1) is 0 Å². The molecule has 2 aromatic carbocycles. The Hall–Kier alpha value is -4.06. The van der Waals surface area contributed by atoms with Crippen molar-refractivity contribution in [3.63, 3.8) is 0 Å². The average molecular weight is 720 g/mol. The molecule has 1 amide bonds. The number of aromatic hydroxyl groups is 1. The van der Waals surface area contributed by atoms with Gasteiger partial charge in [-0.1, -0.05) is 42.0 Å². The summed E-state index contributed by atoms with van der Waals surface area (Å²) in [6.45, 7) is 0.127. The van der Waals surface area contributed by atoms with Crippen molar-refractivity contribution < 1.29 is 33.0 Å². The van der Waals surface area contributed by atoms with Crippen LogP contribution in [0.1, 0.15) is 55.4 Å². The van der Waals surface area contributed by atoms with Gasteiger partial charge in [-0.3, -0.25) is 14.5 Å². The van der Waals surface area contributed by atoms with Gasteiger partial charge >= 0.3 is 11.6 Å². The van der Waals surface area contributed by atoms with E-state index in [4.69, 9.17) is 42.1 Å². The van der Waals surface area contributed by atoms with Crippen LogP contribution in [0.3, 0.4) is 0 Å². The first-order valence-corrected chi connectivity index (χ1v) is 17.9. The zero-order valence-electron chi connectivity index (χ0n) is 26.7. The van der Waals surface area contributed by atoms with Crippen molar-refractivity contribution in [2.24, 2.45) is 11.8 Å². The van der Waals surface area contributed by atoms with Crippen LogP contribution < -0.4 is 10.4 Å². The van der Waals surface area contributed by atoms with Gasteiger partial charge in [-0.05, 0) is 104 Å². The Bertz CT molecular complexity index is 2030. The fraction of sp³-hybridized carbons (Fsp3) is 0.351. The van der Waals surface area contributed by atoms with Crippen LogP contribution in [-0.2, 0) is 27.2 Å². The van der Waals surface area contributed by atoms with Gasteiger partial charge in [0.25, 0.3) is 5.91 Å². The second kappa shape index (κ2) is 14.0. The number of esters is 1. The molecule has 7 rings (SSSR count). The number of amides is 1. The van der Waals surface area contributed by atoms with Crippen LogP contribution in [-0.4, -0.2) is 46.0 Å². The van der Waals surface area contributed by atoms with E-state index in [1.165, 1.54) is 31.7 Å². The van der Waals surface area contributed by atoms with E-state index in [9.17, 15) is 19.5 Å². The molecule has 3 atom stereocenters. The molecule has 2 aromatic heterocycles. The first-order valence-electron chi connectivity index (χ1n) is 16.3. The van der Waals surface area contributed by atoms with Gasteiger partial charge in [0.1, 0.15) is 32.9 Å². The Labute approximate surface area is 297 Å². The summed E-state index contributed by atoms with van der Waals surface area (Å²) >= 11 is 13.1. The lowest BCUT2D eigenvalue weighted by Crippen LogP contribution is -2.41. The second-order valence-corrected chi connectivity index (χ2v) is 14.8. The highest BCUT2D eigenvalue weighted by Crippen LogP contribution is 2.49. The first-order chi connectivity index (χ1) is 23.7. The number of hydrogen-bond donors (Lipinski definition) is 1. The molecule has 3 heterocycles. The van der Waals surface area contributed by atoms with Crippen molar-refractivity contribution in [2.75, 3.05) is 13.7 Å². The highest BCUT2D eigenvalue weighted by Gasteiger charge is 2.48. The number of benzene rings is 2. The quantitative estimate of drug-likeness (QED) is 0.0538. The van der Waals surface area contributed by atoms with Gasteiger partial charge < -0.3 is 23.4 Å². The fourth-order valence-electron chi connectivity index (χ4n) is 7.23. The van der Waals surface area contributed by atoms with Gasteiger partial charge in [0.2, 0.25) is 0 Å². The topological polar surface area (TPSA) is 119 Å². The van der Waals surface area contributed by atoms with Crippen LogP contribution in [0.4, 0.5) is 0 Å². The number of thiocarbonyl (C=S) groups is 1. The maximum atomic E-state index is 13.6. The number of furan rings is 1. The van der Waals surface area contributed by atoms with E-state index in [1.54, 1.807) is 36.4 Å². The molecule has 3 aliphatic rings. The Morgan fingerprint density at radius 1 is 1.10 bits per heavy atom. The fourth-order valence-corrected chi connectivity index (χ4v) is 8.70. The van der Waals surface area contributed by atoms with Crippen molar-refractivity contribution >= 4 is 68.8 Å². The summed E-state index contributed by atoms with van der Waals surface area (Å²) in [7, 11) is 1.50. The van der Waals surface area contributed by atoms with E-state index in [-0.39, 0.29) is 48.3 Å². The standard InChI is InChI=1S/C37H34ClNO8S2/c1-44-25-10-12-29-27(18-25)34(41)26(36(43)47-29)11-13-33(40)45-14-2-3-23-17-30(21-6-8-24(38)9-7-21)46-31(23)19-32-35(42)39(37(48)49-32)28-16-20-4-5-22(28)15-20/h6-10,12,17-20,22,28,41H,2-5,11,13-16H2,1H3. The van der Waals surface area contributed by atoms with Crippen molar-refractivity contribution in [1.29, 1.82) is 0 Å². The molecule has 254 valence electrons. The van der Waals surface area contributed by atoms with Crippen molar-refractivity contribution in [1.82, 2.24) is 4.90 Å². The summed E-state index contributed by atoms with van der Waals surface area (Å²) in [5.74, 6) is 2.07. The molecule has 12 heteroatoms. The number of rotatable bonds is 11. The van der Waals surface area contributed by atoms with Crippen LogP contribution in [0.5, 0.6) is 11.5 Å². The molecule has 0 radical (unpaired) electrons. The third-order valence-corrected chi connectivity index (χ3v) is 11.3. The number of thioether (sulfide) groups is 1. The predicted octanol–water partition coefficient (Wildman–Crippen LogP) is 7.92. The molecule has 2 saturated carbocycles. The van der Waals surface area contributed by atoms with Crippen molar-refractivity contribution in [3.8, 4) is 22.8 Å². The maximum absolute atomic E-state index is 13.6. The third-order valence-electron chi connectivity index (χ3n) is 9.70. The monoisotopic (exact) mass is 719 g/mol. The summed E-state index contributed by atoms with van der Waals surface area (Å²) in [5.41, 5.74) is 1.21. The number of aryl methyl sites for hydroxylation is 1. The number of fused-ring (bicyclic) bond motifs is 3. The Morgan fingerprint density at radius 3 is 2.65 bits per heavy atom. The number of carbonyl (C=O) groups excluding carboxylic acids is 2. The SMILES string of the molecule is COc1ccc2oc(=O)c(CCC(=O)OCCCc3cc(-c4ccc(Cl)cc4)oc3C=C3SC(=S)N(C4CC5CCC4C5)C3=O)c(O)c2c1. The highest BCUT2D eigenvalue weighted by molar-refractivity contribution is 8.26. The third kappa shape index (κ3) is 6.89.